The number of rotatable bonds is 3. The highest BCUT2D eigenvalue weighted by molar-refractivity contribution is 7.97. The summed E-state index contributed by atoms with van der Waals surface area (Å²) in [6.45, 7) is 0. The molecule has 0 bridgehead atoms. The second-order valence-corrected chi connectivity index (χ2v) is 5.41. The Morgan fingerprint density at radius 2 is 1.63 bits per heavy atom. The lowest BCUT2D eigenvalue weighted by molar-refractivity contribution is -0.131. The van der Waals surface area contributed by atoms with E-state index in [-0.39, 0.29) is 11.8 Å². The van der Waals surface area contributed by atoms with Crippen molar-refractivity contribution in [1.29, 1.82) is 0 Å². The zero-order chi connectivity index (χ0) is 13.2. The Morgan fingerprint density at radius 3 is 2.42 bits per heavy atom. The Bertz CT molecular complexity index is 632. The van der Waals surface area contributed by atoms with Gasteiger partial charge in [-0.2, -0.15) is 0 Å². The third kappa shape index (κ3) is 2.36. The first kappa shape index (κ1) is 12.2. The van der Waals surface area contributed by atoms with Crippen LogP contribution in [0.25, 0.3) is 10.8 Å². The largest absolute Gasteiger partial charge is 0.273 e. The van der Waals surface area contributed by atoms with Crippen molar-refractivity contribution >= 4 is 34.5 Å². The fourth-order valence-corrected chi connectivity index (χ4v) is 3.24. The molecule has 0 spiro atoms. The maximum atomic E-state index is 11.6. The lowest BCUT2D eigenvalue weighted by Crippen LogP contribution is -2.21. The summed E-state index contributed by atoms with van der Waals surface area (Å²) < 4.78 is 1.31. The standard InChI is InChI=1S/C15H13NO2S/c17-14-8-9-15(18)16(14)19-10-12-6-3-5-11-4-1-2-7-13(11)12/h1-7H,8-10H2. The fraction of sp³-hybridized carbons (Fsp3) is 0.200. The average Bonchev–Trinajstić information content (AvgIpc) is 2.76. The molecule has 1 aliphatic rings. The highest BCUT2D eigenvalue weighted by Crippen LogP contribution is 2.28. The first-order chi connectivity index (χ1) is 9.25. The minimum Gasteiger partial charge on any atom is -0.273 e. The second kappa shape index (κ2) is 5.05. The van der Waals surface area contributed by atoms with Crippen LogP contribution in [0.3, 0.4) is 0 Å². The average molecular weight is 271 g/mol. The van der Waals surface area contributed by atoms with Crippen LogP contribution in [-0.2, 0) is 15.3 Å². The van der Waals surface area contributed by atoms with Gasteiger partial charge in [0.05, 0.1) is 0 Å². The zero-order valence-corrected chi connectivity index (χ0v) is 11.2. The van der Waals surface area contributed by atoms with Crippen LogP contribution in [0, 0.1) is 0 Å². The Morgan fingerprint density at radius 1 is 0.947 bits per heavy atom. The first-order valence-corrected chi connectivity index (χ1v) is 7.15. The van der Waals surface area contributed by atoms with Crippen LogP contribution in [0.4, 0.5) is 0 Å². The van der Waals surface area contributed by atoms with Gasteiger partial charge in [-0.05, 0) is 28.3 Å². The van der Waals surface area contributed by atoms with Crippen molar-refractivity contribution in [3.8, 4) is 0 Å². The van der Waals surface area contributed by atoms with Crippen molar-refractivity contribution in [2.45, 2.75) is 18.6 Å². The van der Waals surface area contributed by atoms with Gasteiger partial charge in [0.2, 0.25) is 11.8 Å². The van der Waals surface area contributed by atoms with Crippen LogP contribution < -0.4 is 0 Å². The van der Waals surface area contributed by atoms with E-state index in [9.17, 15) is 9.59 Å². The summed E-state index contributed by atoms with van der Waals surface area (Å²) in [6.07, 6.45) is 0.697. The first-order valence-electron chi connectivity index (χ1n) is 6.21. The molecule has 0 unspecified atom stereocenters. The number of carbonyl (C=O) groups excluding carboxylic acids is 2. The van der Waals surface area contributed by atoms with E-state index < -0.39 is 0 Å². The van der Waals surface area contributed by atoms with Gasteiger partial charge in [-0.25, -0.2) is 4.31 Å². The number of amides is 2. The molecule has 1 aliphatic heterocycles. The number of hydrogen-bond acceptors (Lipinski definition) is 3. The molecule has 0 radical (unpaired) electrons. The maximum absolute atomic E-state index is 11.6. The Hall–Kier alpha value is -1.81. The van der Waals surface area contributed by atoms with Crippen molar-refractivity contribution in [2.24, 2.45) is 0 Å². The van der Waals surface area contributed by atoms with Gasteiger partial charge < -0.3 is 0 Å². The van der Waals surface area contributed by atoms with Crippen LogP contribution >= 0.6 is 11.9 Å². The van der Waals surface area contributed by atoms with E-state index in [1.54, 1.807) is 0 Å². The molecule has 1 saturated heterocycles. The van der Waals surface area contributed by atoms with E-state index in [0.29, 0.717) is 18.6 Å². The summed E-state index contributed by atoms with van der Waals surface area (Å²) in [5.41, 5.74) is 1.15. The number of nitrogens with zero attached hydrogens (tertiary/aromatic N) is 1. The molecule has 96 valence electrons. The minimum absolute atomic E-state index is 0.0739. The molecule has 0 saturated carbocycles. The molecule has 1 heterocycles. The van der Waals surface area contributed by atoms with E-state index >= 15 is 0 Å². The third-order valence-electron chi connectivity index (χ3n) is 3.23. The quantitative estimate of drug-likeness (QED) is 0.635. The lowest BCUT2D eigenvalue weighted by Gasteiger charge is -2.13. The smallest absolute Gasteiger partial charge is 0.239 e. The van der Waals surface area contributed by atoms with Crippen LogP contribution in [0.1, 0.15) is 18.4 Å². The number of carbonyl (C=O) groups is 2. The molecule has 3 rings (SSSR count). The molecule has 0 N–H and O–H groups in total. The van der Waals surface area contributed by atoms with Crippen molar-refractivity contribution in [3.05, 3.63) is 48.0 Å². The van der Waals surface area contributed by atoms with E-state index in [4.69, 9.17) is 0 Å². The van der Waals surface area contributed by atoms with Crippen LogP contribution in [0.15, 0.2) is 42.5 Å². The van der Waals surface area contributed by atoms with Crippen molar-refractivity contribution in [2.75, 3.05) is 0 Å². The third-order valence-corrected chi connectivity index (χ3v) is 4.34. The Labute approximate surface area is 115 Å². The second-order valence-electron chi connectivity index (χ2n) is 4.49. The molecule has 19 heavy (non-hydrogen) atoms. The monoisotopic (exact) mass is 271 g/mol. The maximum Gasteiger partial charge on any atom is 0.239 e. The number of benzene rings is 2. The molecule has 1 fully saturated rings. The molecule has 2 amide bonds. The molecular formula is C15H13NO2S. The Balaban J connectivity index is 1.82. The van der Waals surface area contributed by atoms with Gasteiger partial charge in [-0.15, -0.1) is 0 Å². The van der Waals surface area contributed by atoms with E-state index in [1.165, 1.54) is 27.0 Å². The minimum atomic E-state index is -0.0739. The molecule has 0 aromatic heterocycles. The fourth-order valence-electron chi connectivity index (χ4n) is 2.25. The molecule has 2 aromatic rings. The summed E-state index contributed by atoms with van der Waals surface area (Å²) in [4.78, 5) is 23.1. The van der Waals surface area contributed by atoms with E-state index in [2.05, 4.69) is 18.2 Å². The van der Waals surface area contributed by atoms with Gasteiger partial charge in [-0.3, -0.25) is 9.59 Å². The summed E-state index contributed by atoms with van der Waals surface area (Å²) in [7, 11) is 0. The highest BCUT2D eigenvalue weighted by atomic mass is 32.2. The molecule has 4 heteroatoms. The number of imide groups is 1. The number of fused-ring (bicyclic) bond motifs is 1. The van der Waals surface area contributed by atoms with Crippen molar-refractivity contribution in [1.82, 2.24) is 4.31 Å². The molecule has 0 atom stereocenters. The SMILES string of the molecule is O=C1CCC(=O)N1SCc1cccc2ccccc12. The van der Waals surface area contributed by atoms with E-state index in [0.717, 1.165) is 5.56 Å². The highest BCUT2D eigenvalue weighted by Gasteiger charge is 2.29. The van der Waals surface area contributed by atoms with Crippen LogP contribution in [0.2, 0.25) is 0 Å². The van der Waals surface area contributed by atoms with Crippen molar-refractivity contribution in [3.63, 3.8) is 0 Å². The summed E-state index contributed by atoms with van der Waals surface area (Å²) >= 11 is 1.30. The Kier molecular flexibility index (Phi) is 3.25. The van der Waals surface area contributed by atoms with Crippen LogP contribution in [-0.4, -0.2) is 16.1 Å². The lowest BCUT2D eigenvalue weighted by atomic mass is 10.1. The summed E-state index contributed by atoms with van der Waals surface area (Å²) in [6, 6.07) is 14.3. The predicted molar refractivity (Wildman–Crippen MR) is 76.3 cm³/mol. The van der Waals surface area contributed by atoms with Gasteiger partial charge >= 0.3 is 0 Å². The number of hydrogen-bond donors (Lipinski definition) is 0. The van der Waals surface area contributed by atoms with Crippen molar-refractivity contribution < 1.29 is 9.59 Å². The van der Waals surface area contributed by atoms with Gasteiger partial charge in [-0.1, -0.05) is 42.5 Å². The predicted octanol–water partition coefficient (Wildman–Crippen LogP) is 3.14. The topological polar surface area (TPSA) is 37.4 Å². The zero-order valence-electron chi connectivity index (χ0n) is 10.3. The summed E-state index contributed by atoms with van der Waals surface area (Å²) in [5.74, 6) is 0.490. The van der Waals surface area contributed by atoms with Gasteiger partial charge in [0, 0.05) is 18.6 Å². The van der Waals surface area contributed by atoms with Gasteiger partial charge in [0.25, 0.3) is 0 Å². The summed E-state index contributed by atoms with van der Waals surface area (Å²) in [5, 5.41) is 2.36. The molecular weight excluding hydrogens is 258 g/mol. The van der Waals surface area contributed by atoms with E-state index in [1.807, 2.05) is 24.3 Å². The molecule has 0 aliphatic carbocycles. The van der Waals surface area contributed by atoms with Gasteiger partial charge in [0.1, 0.15) is 0 Å². The molecule has 2 aromatic carbocycles. The van der Waals surface area contributed by atoms with Gasteiger partial charge in [0.15, 0.2) is 0 Å². The normalized spacial score (nSPS) is 15.5. The van der Waals surface area contributed by atoms with Crippen LogP contribution in [0.5, 0.6) is 0 Å². The molecule has 3 nitrogen and oxygen atoms in total.